The molecule has 6 heteroatoms. The lowest BCUT2D eigenvalue weighted by molar-refractivity contribution is 0.0747. The van der Waals surface area contributed by atoms with Crippen LogP contribution in [-0.2, 0) is 0 Å². The lowest BCUT2D eigenvalue weighted by atomic mass is 10.1. The standard InChI is InChI=1S/C13H15F2N3O/c1-3-18(7-8(2)6-16)13(19)10-4-9(14)5-11(17)12(10)15/h4-5,8H,3,7,17H2,1-2H3. The first-order valence-electron chi connectivity index (χ1n) is 5.84. The van der Waals surface area contributed by atoms with Gasteiger partial charge in [0, 0.05) is 13.1 Å². The van der Waals surface area contributed by atoms with Crippen LogP contribution in [-0.4, -0.2) is 23.9 Å². The molecule has 1 aromatic carbocycles. The maximum atomic E-state index is 13.7. The van der Waals surface area contributed by atoms with Gasteiger partial charge in [0.2, 0.25) is 0 Å². The summed E-state index contributed by atoms with van der Waals surface area (Å²) < 4.78 is 26.9. The van der Waals surface area contributed by atoms with Crippen LogP contribution in [0.25, 0.3) is 0 Å². The van der Waals surface area contributed by atoms with Crippen LogP contribution < -0.4 is 5.73 Å². The minimum Gasteiger partial charge on any atom is -0.396 e. The Labute approximate surface area is 110 Å². The number of rotatable bonds is 4. The normalized spacial score (nSPS) is 11.7. The van der Waals surface area contributed by atoms with Gasteiger partial charge in [-0.2, -0.15) is 5.26 Å². The average molecular weight is 267 g/mol. The Kier molecular flexibility index (Phi) is 4.81. The fraction of sp³-hybridized carbons (Fsp3) is 0.385. The molecule has 0 aromatic heterocycles. The van der Waals surface area contributed by atoms with Gasteiger partial charge in [-0.15, -0.1) is 0 Å². The summed E-state index contributed by atoms with van der Waals surface area (Å²) in [6.07, 6.45) is 0. The Bertz CT molecular complexity index is 525. The molecule has 4 nitrogen and oxygen atoms in total. The molecule has 0 spiro atoms. The molecule has 0 aliphatic carbocycles. The second-order valence-corrected chi connectivity index (χ2v) is 4.23. The number of hydrogen-bond acceptors (Lipinski definition) is 3. The summed E-state index contributed by atoms with van der Waals surface area (Å²) in [5.74, 6) is -2.77. The molecule has 1 amide bonds. The molecule has 1 aromatic rings. The molecule has 0 aliphatic heterocycles. The number of carbonyl (C=O) groups excluding carboxylic acids is 1. The molecule has 0 fully saturated rings. The molecular weight excluding hydrogens is 252 g/mol. The van der Waals surface area contributed by atoms with E-state index < -0.39 is 34.7 Å². The van der Waals surface area contributed by atoms with Gasteiger partial charge in [0.25, 0.3) is 5.91 Å². The lowest BCUT2D eigenvalue weighted by Gasteiger charge is -2.22. The van der Waals surface area contributed by atoms with E-state index in [9.17, 15) is 13.6 Å². The molecule has 1 rings (SSSR count). The van der Waals surface area contributed by atoms with Crippen molar-refractivity contribution in [2.45, 2.75) is 13.8 Å². The monoisotopic (exact) mass is 267 g/mol. The van der Waals surface area contributed by atoms with Crippen LogP contribution in [0, 0.1) is 28.9 Å². The predicted molar refractivity (Wildman–Crippen MR) is 67.1 cm³/mol. The van der Waals surface area contributed by atoms with Crippen molar-refractivity contribution in [3.05, 3.63) is 29.3 Å². The van der Waals surface area contributed by atoms with E-state index in [-0.39, 0.29) is 6.54 Å². The Morgan fingerprint density at radius 2 is 2.16 bits per heavy atom. The molecule has 0 saturated heterocycles. The summed E-state index contributed by atoms with van der Waals surface area (Å²) in [5.41, 5.74) is 4.47. The minimum atomic E-state index is -0.936. The molecule has 0 heterocycles. The van der Waals surface area contributed by atoms with Crippen molar-refractivity contribution in [1.29, 1.82) is 5.26 Å². The summed E-state index contributed by atoms with van der Waals surface area (Å²) >= 11 is 0. The number of nitriles is 1. The first-order valence-corrected chi connectivity index (χ1v) is 5.84. The van der Waals surface area contributed by atoms with Crippen molar-refractivity contribution in [3.63, 3.8) is 0 Å². The molecular formula is C13H15F2N3O. The highest BCUT2D eigenvalue weighted by Gasteiger charge is 2.22. The average Bonchev–Trinajstić information content (AvgIpc) is 2.38. The van der Waals surface area contributed by atoms with E-state index >= 15 is 0 Å². The molecule has 0 bridgehead atoms. The highest BCUT2D eigenvalue weighted by atomic mass is 19.1. The van der Waals surface area contributed by atoms with Crippen molar-refractivity contribution >= 4 is 11.6 Å². The minimum absolute atomic E-state index is 0.154. The van der Waals surface area contributed by atoms with E-state index in [0.717, 1.165) is 12.1 Å². The van der Waals surface area contributed by atoms with E-state index in [1.54, 1.807) is 13.8 Å². The fourth-order valence-electron chi connectivity index (χ4n) is 1.66. The quantitative estimate of drug-likeness (QED) is 0.850. The number of halogens is 2. The number of benzene rings is 1. The van der Waals surface area contributed by atoms with Gasteiger partial charge in [-0.3, -0.25) is 4.79 Å². The van der Waals surface area contributed by atoms with E-state index in [1.807, 2.05) is 6.07 Å². The number of nitrogens with two attached hydrogens (primary N) is 1. The zero-order valence-corrected chi connectivity index (χ0v) is 10.8. The summed E-state index contributed by atoms with van der Waals surface area (Å²) in [5, 5.41) is 8.73. The van der Waals surface area contributed by atoms with Gasteiger partial charge in [0.05, 0.1) is 23.2 Å². The van der Waals surface area contributed by atoms with E-state index in [0.29, 0.717) is 6.54 Å². The third-order valence-corrected chi connectivity index (χ3v) is 2.68. The van der Waals surface area contributed by atoms with E-state index in [4.69, 9.17) is 11.0 Å². The van der Waals surface area contributed by atoms with E-state index in [2.05, 4.69) is 0 Å². The Morgan fingerprint density at radius 1 is 1.53 bits per heavy atom. The molecule has 0 aliphatic rings. The van der Waals surface area contributed by atoms with Crippen molar-refractivity contribution in [3.8, 4) is 6.07 Å². The lowest BCUT2D eigenvalue weighted by Crippen LogP contribution is -2.35. The second-order valence-electron chi connectivity index (χ2n) is 4.23. The Balaban J connectivity index is 3.08. The van der Waals surface area contributed by atoms with Crippen molar-refractivity contribution < 1.29 is 13.6 Å². The maximum Gasteiger partial charge on any atom is 0.257 e. The Hall–Kier alpha value is -2.16. The van der Waals surface area contributed by atoms with Gasteiger partial charge in [-0.1, -0.05) is 0 Å². The van der Waals surface area contributed by atoms with E-state index in [1.165, 1.54) is 4.90 Å². The Morgan fingerprint density at radius 3 is 2.68 bits per heavy atom. The molecule has 1 atom stereocenters. The summed E-state index contributed by atoms with van der Waals surface area (Å²) in [7, 11) is 0. The van der Waals surface area contributed by atoms with Crippen LogP contribution in [0.15, 0.2) is 12.1 Å². The van der Waals surface area contributed by atoms with Crippen LogP contribution in [0.1, 0.15) is 24.2 Å². The summed E-state index contributed by atoms with van der Waals surface area (Å²) in [4.78, 5) is 13.4. The number of anilines is 1. The van der Waals surface area contributed by atoms with Gasteiger partial charge < -0.3 is 10.6 Å². The van der Waals surface area contributed by atoms with Crippen LogP contribution >= 0.6 is 0 Å². The molecule has 0 saturated carbocycles. The fourth-order valence-corrected chi connectivity index (χ4v) is 1.66. The van der Waals surface area contributed by atoms with Crippen LogP contribution in [0.2, 0.25) is 0 Å². The second kappa shape index (κ2) is 6.14. The zero-order chi connectivity index (χ0) is 14.6. The molecule has 1 unspecified atom stereocenters. The summed E-state index contributed by atoms with van der Waals surface area (Å²) in [6.45, 7) is 3.79. The van der Waals surface area contributed by atoms with Crippen LogP contribution in [0.4, 0.5) is 14.5 Å². The van der Waals surface area contributed by atoms with Crippen molar-refractivity contribution in [1.82, 2.24) is 4.90 Å². The zero-order valence-electron chi connectivity index (χ0n) is 10.8. The number of nitrogen functional groups attached to an aromatic ring is 1. The molecule has 0 radical (unpaired) electrons. The highest BCUT2D eigenvalue weighted by Crippen LogP contribution is 2.19. The molecule has 102 valence electrons. The number of carbonyl (C=O) groups is 1. The van der Waals surface area contributed by atoms with Crippen LogP contribution in [0.5, 0.6) is 0 Å². The third-order valence-electron chi connectivity index (χ3n) is 2.68. The highest BCUT2D eigenvalue weighted by molar-refractivity contribution is 5.95. The van der Waals surface area contributed by atoms with Gasteiger partial charge >= 0.3 is 0 Å². The van der Waals surface area contributed by atoms with Gasteiger partial charge in [-0.25, -0.2) is 8.78 Å². The smallest absolute Gasteiger partial charge is 0.257 e. The third kappa shape index (κ3) is 3.41. The predicted octanol–water partition coefficient (Wildman–Crippen LogP) is 2.17. The first kappa shape index (κ1) is 14.9. The van der Waals surface area contributed by atoms with Gasteiger partial charge in [0.15, 0.2) is 5.82 Å². The SMILES string of the molecule is CCN(CC(C)C#N)C(=O)c1cc(F)cc(N)c1F. The number of nitrogens with zero attached hydrogens (tertiary/aromatic N) is 2. The largest absolute Gasteiger partial charge is 0.396 e. The van der Waals surface area contributed by atoms with Crippen molar-refractivity contribution in [2.24, 2.45) is 5.92 Å². The van der Waals surface area contributed by atoms with Crippen LogP contribution in [0.3, 0.4) is 0 Å². The molecule has 2 N–H and O–H groups in total. The topological polar surface area (TPSA) is 70.1 Å². The summed E-state index contributed by atoms with van der Waals surface area (Å²) in [6, 6.07) is 3.62. The maximum absolute atomic E-state index is 13.7. The number of amides is 1. The van der Waals surface area contributed by atoms with Crippen molar-refractivity contribution in [2.75, 3.05) is 18.8 Å². The first-order chi connectivity index (χ1) is 8.90. The van der Waals surface area contributed by atoms with Gasteiger partial charge in [-0.05, 0) is 26.0 Å². The number of hydrogen-bond donors (Lipinski definition) is 1. The van der Waals surface area contributed by atoms with Gasteiger partial charge in [0.1, 0.15) is 5.82 Å². The molecule has 19 heavy (non-hydrogen) atoms.